The molecular formula is C23H20N2O7. The summed E-state index contributed by atoms with van der Waals surface area (Å²) in [6, 6.07) is 11.9. The van der Waals surface area contributed by atoms with Crippen LogP contribution in [-0.2, 0) is 14.3 Å². The first-order valence-corrected chi connectivity index (χ1v) is 10.1. The lowest BCUT2D eigenvalue weighted by Gasteiger charge is -2.22. The van der Waals surface area contributed by atoms with Crippen molar-refractivity contribution in [3.05, 3.63) is 48.2 Å². The summed E-state index contributed by atoms with van der Waals surface area (Å²) in [5, 5.41) is 3.51. The van der Waals surface area contributed by atoms with Gasteiger partial charge in [0.1, 0.15) is 18.8 Å². The van der Waals surface area contributed by atoms with Crippen molar-refractivity contribution in [2.24, 2.45) is 5.92 Å². The first kappa shape index (κ1) is 19.9. The number of methoxy groups -OCH3 is 1. The number of furan rings is 1. The predicted molar refractivity (Wildman–Crippen MR) is 114 cm³/mol. The molecule has 2 aromatic carbocycles. The van der Waals surface area contributed by atoms with Crippen LogP contribution in [0, 0.1) is 5.92 Å². The Morgan fingerprint density at radius 1 is 1.06 bits per heavy atom. The molecule has 1 aromatic heterocycles. The fraction of sp³-hybridized carbons (Fsp3) is 0.261. The van der Waals surface area contributed by atoms with Gasteiger partial charge in [-0.15, -0.1) is 0 Å². The van der Waals surface area contributed by atoms with Gasteiger partial charge in [-0.05, 0) is 36.4 Å². The Labute approximate surface area is 182 Å². The van der Waals surface area contributed by atoms with Crippen LogP contribution in [0.2, 0.25) is 0 Å². The van der Waals surface area contributed by atoms with E-state index >= 15 is 0 Å². The second kappa shape index (κ2) is 7.92. The van der Waals surface area contributed by atoms with Gasteiger partial charge in [0.05, 0.1) is 13.0 Å². The summed E-state index contributed by atoms with van der Waals surface area (Å²) >= 11 is 0. The molecule has 1 atom stereocenters. The molecule has 1 N–H and O–H groups in total. The average molecular weight is 436 g/mol. The number of hydrogen-bond donors (Lipinski definition) is 1. The van der Waals surface area contributed by atoms with Gasteiger partial charge < -0.3 is 28.8 Å². The highest BCUT2D eigenvalue weighted by molar-refractivity contribution is 6.04. The second-order valence-electron chi connectivity index (χ2n) is 7.58. The van der Waals surface area contributed by atoms with Crippen LogP contribution < -0.4 is 19.7 Å². The molecule has 0 aliphatic carbocycles. The van der Waals surface area contributed by atoms with E-state index in [4.69, 9.17) is 13.9 Å². The van der Waals surface area contributed by atoms with Crippen molar-refractivity contribution in [3.8, 4) is 11.5 Å². The summed E-state index contributed by atoms with van der Waals surface area (Å²) in [7, 11) is 1.28. The zero-order chi connectivity index (χ0) is 22.2. The van der Waals surface area contributed by atoms with Crippen molar-refractivity contribution in [3.63, 3.8) is 0 Å². The van der Waals surface area contributed by atoms with Gasteiger partial charge in [-0.2, -0.15) is 0 Å². The van der Waals surface area contributed by atoms with E-state index in [0.717, 1.165) is 0 Å². The number of amides is 2. The number of rotatable bonds is 4. The van der Waals surface area contributed by atoms with E-state index in [1.807, 2.05) is 0 Å². The van der Waals surface area contributed by atoms with Gasteiger partial charge >= 0.3 is 5.97 Å². The molecular weight excluding hydrogens is 416 g/mol. The van der Waals surface area contributed by atoms with E-state index in [0.29, 0.717) is 47.1 Å². The van der Waals surface area contributed by atoms with E-state index in [-0.39, 0.29) is 30.5 Å². The number of carbonyl (C=O) groups is 3. The summed E-state index contributed by atoms with van der Waals surface area (Å²) < 4.78 is 21.2. The molecule has 0 radical (unpaired) electrons. The summed E-state index contributed by atoms with van der Waals surface area (Å²) in [6.45, 7) is 1.22. The van der Waals surface area contributed by atoms with Crippen LogP contribution in [0.4, 0.5) is 11.4 Å². The molecule has 5 rings (SSSR count). The standard InChI is InChI=1S/C23H20N2O7/c1-29-23(28)20-9-13-8-15(2-4-17(13)32-20)24-22(27)14-10-21(26)25(12-14)16-3-5-18-19(11-16)31-7-6-30-18/h2-5,8-9,11,14H,6-7,10,12H2,1H3,(H,24,27). The smallest absolute Gasteiger partial charge is 0.373 e. The van der Waals surface area contributed by atoms with Gasteiger partial charge in [-0.3, -0.25) is 9.59 Å². The summed E-state index contributed by atoms with van der Waals surface area (Å²) in [5.74, 6) is -0.135. The Bertz CT molecular complexity index is 1230. The highest BCUT2D eigenvalue weighted by atomic mass is 16.6. The third-order valence-corrected chi connectivity index (χ3v) is 5.50. The van der Waals surface area contributed by atoms with E-state index < -0.39 is 11.9 Å². The maximum Gasteiger partial charge on any atom is 0.373 e. The molecule has 3 aromatic rings. The van der Waals surface area contributed by atoms with Crippen molar-refractivity contribution in [1.82, 2.24) is 0 Å². The summed E-state index contributed by atoms with van der Waals surface area (Å²) in [5.41, 5.74) is 1.72. The van der Waals surface area contributed by atoms with Gasteiger partial charge in [0.25, 0.3) is 0 Å². The van der Waals surface area contributed by atoms with Crippen molar-refractivity contribution in [2.75, 3.05) is 37.1 Å². The molecule has 2 amide bonds. The molecule has 1 unspecified atom stereocenters. The number of anilines is 2. The maximum absolute atomic E-state index is 12.8. The number of carbonyl (C=O) groups excluding carboxylic acids is 3. The number of nitrogens with one attached hydrogen (secondary N) is 1. The zero-order valence-corrected chi connectivity index (χ0v) is 17.3. The fourth-order valence-corrected chi connectivity index (χ4v) is 3.90. The van der Waals surface area contributed by atoms with Crippen LogP contribution in [0.1, 0.15) is 17.0 Å². The Hall–Kier alpha value is -4.01. The van der Waals surface area contributed by atoms with Gasteiger partial charge in [0.15, 0.2) is 11.5 Å². The molecule has 2 aliphatic rings. The second-order valence-corrected chi connectivity index (χ2v) is 7.58. The third-order valence-electron chi connectivity index (χ3n) is 5.50. The molecule has 1 fully saturated rings. The summed E-state index contributed by atoms with van der Waals surface area (Å²) in [6.07, 6.45) is 0.112. The molecule has 0 saturated carbocycles. The highest BCUT2D eigenvalue weighted by Crippen LogP contribution is 2.36. The number of esters is 1. The SMILES string of the molecule is COC(=O)c1cc2cc(NC(=O)C3CC(=O)N(c4ccc5c(c4)OCCO5)C3)ccc2o1. The quantitative estimate of drug-likeness (QED) is 0.627. The van der Waals surface area contributed by atoms with Crippen molar-refractivity contribution in [1.29, 1.82) is 0 Å². The zero-order valence-electron chi connectivity index (χ0n) is 17.3. The lowest BCUT2D eigenvalue weighted by atomic mass is 10.1. The topological polar surface area (TPSA) is 107 Å². The van der Waals surface area contributed by atoms with Crippen LogP contribution in [0.3, 0.4) is 0 Å². The largest absolute Gasteiger partial charge is 0.486 e. The van der Waals surface area contributed by atoms with Crippen LogP contribution >= 0.6 is 0 Å². The third kappa shape index (κ3) is 3.62. The lowest BCUT2D eigenvalue weighted by Crippen LogP contribution is -2.28. The van der Waals surface area contributed by atoms with Crippen molar-refractivity contribution >= 4 is 40.1 Å². The van der Waals surface area contributed by atoms with Crippen LogP contribution in [0.15, 0.2) is 46.9 Å². The molecule has 32 heavy (non-hydrogen) atoms. The minimum absolute atomic E-state index is 0.0856. The van der Waals surface area contributed by atoms with Gasteiger partial charge in [-0.25, -0.2) is 4.79 Å². The molecule has 9 heteroatoms. The van der Waals surface area contributed by atoms with E-state index in [9.17, 15) is 14.4 Å². The average Bonchev–Trinajstić information content (AvgIpc) is 3.41. The molecule has 2 aliphatic heterocycles. The van der Waals surface area contributed by atoms with Crippen LogP contribution in [0.25, 0.3) is 11.0 Å². The number of ether oxygens (including phenoxy) is 3. The number of fused-ring (bicyclic) bond motifs is 2. The molecule has 3 heterocycles. The Morgan fingerprint density at radius 2 is 1.88 bits per heavy atom. The molecule has 164 valence electrons. The minimum atomic E-state index is -0.574. The van der Waals surface area contributed by atoms with Gasteiger partial charge in [0.2, 0.25) is 17.6 Å². The monoisotopic (exact) mass is 436 g/mol. The van der Waals surface area contributed by atoms with Crippen LogP contribution in [-0.4, -0.2) is 44.7 Å². The van der Waals surface area contributed by atoms with Crippen LogP contribution in [0.5, 0.6) is 11.5 Å². The van der Waals surface area contributed by atoms with Gasteiger partial charge in [-0.1, -0.05) is 0 Å². The Balaban J connectivity index is 1.29. The first-order valence-electron chi connectivity index (χ1n) is 10.1. The van der Waals surface area contributed by atoms with Gasteiger partial charge in [0, 0.05) is 35.8 Å². The first-order chi connectivity index (χ1) is 15.5. The molecule has 0 spiro atoms. The molecule has 9 nitrogen and oxygen atoms in total. The normalized spacial score (nSPS) is 17.5. The van der Waals surface area contributed by atoms with E-state index in [2.05, 4.69) is 10.1 Å². The Morgan fingerprint density at radius 3 is 2.69 bits per heavy atom. The lowest BCUT2D eigenvalue weighted by molar-refractivity contribution is -0.122. The van der Waals surface area contributed by atoms with Crippen molar-refractivity contribution < 1.29 is 33.0 Å². The van der Waals surface area contributed by atoms with Crippen molar-refractivity contribution in [2.45, 2.75) is 6.42 Å². The number of hydrogen-bond acceptors (Lipinski definition) is 7. The molecule has 0 bridgehead atoms. The van der Waals surface area contributed by atoms with E-state index in [1.54, 1.807) is 47.4 Å². The Kier molecular flexibility index (Phi) is 4.93. The van der Waals surface area contributed by atoms with E-state index in [1.165, 1.54) is 7.11 Å². The number of benzene rings is 2. The predicted octanol–water partition coefficient (Wildman–Crippen LogP) is 2.98. The fourth-order valence-electron chi connectivity index (χ4n) is 3.90. The highest BCUT2D eigenvalue weighted by Gasteiger charge is 2.35. The summed E-state index contributed by atoms with van der Waals surface area (Å²) in [4.78, 5) is 38.7. The minimum Gasteiger partial charge on any atom is -0.486 e. The number of nitrogens with zero attached hydrogens (tertiary/aromatic N) is 1. The maximum atomic E-state index is 12.8. The molecule has 1 saturated heterocycles.